The molecule has 128 valence electrons. The molecule has 0 N–H and O–H groups in total. The molecule has 3 aromatic rings. The molecule has 0 aliphatic heterocycles. The van der Waals surface area contributed by atoms with Crippen molar-refractivity contribution in [1.82, 2.24) is 14.7 Å². The molecule has 5 heteroatoms. The number of likely N-dealkylation sites (N-methyl/N-ethyl adjacent to an activating group) is 1. The van der Waals surface area contributed by atoms with Gasteiger partial charge in [0.05, 0.1) is 11.7 Å². The fraction of sp³-hybridized carbons (Fsp3) is 0.250. The van der Waals surface area contributed by atoms with Gasteiger partial charge in [0, 0.05) is 18.5 Å². The summed E-state index contributed by atoms with van der Waals surface area (Å²) in [6.07, 6.45) is 1.27. The van der Waals surface area contributed by atoms with Crippen molar-refractivity contribution < 1.29 is 4.79 Å². The van der Waals surface area contributed by atoms with E-state index >= 15 is 0 Å². The van der Waals surface area contributed by atoms with Gasteiger partial charge in [0.1, 0.15) is 6.54 Å². The summed E-state index contributed by atoms with van der Waals surface area (Å²) in [5, 5.41) is 4.72. The van der Waals surface area contributed by atoms with Crippen LogP contribution in [0.5, 0.6) is 0 Å². The highest BCUT2D eigenvalue weighted by atomic mass is 16.2. The molecule has 0 unspecified atom stereocenters. The van der Waals surface area contributed by atoms with Crippen LogP contribution in [0.3, 0.4) is 0 Å². The highest BCUT2D eigenvalue weighted by molar-refractivity contribution is 5.81. The van der Waals surface area contributed by atoms with E-state index in [4.69, 9.17) is 0 Å². The average molecular weight is 335 g/mol. The van der Waals surface area contributed by atoms with Crippen molar-refractivity contribution in [2.24, 2.45) is 0 Å². The van der Waals surface area contributed by atoms with Crippen molar-refractivity contribution in [3.8, 4) is 0 Å². The molecule has 1 heterocycles. The smallest absolute Gasteiger partial charge is 0.244 e. The number of benzene rings is 2. The van der Waals surface area contributed by atoms with Gasteiger partial charge in [0.2, 0.25) is 11.3 Å². The lowest BCUT2D eigenvalue weighted by Gasteiger charge is -2.22. The molecule has 0 radical (unpaired) electrons. The number of hydrogen-bond acceptors (Lipinski definition) is 3. The standard InChI is InChI=1S/C20H21N3O2/c1-3-22(13-16-9-5-4-8-15(16)2)20(25)14-23-18-11-7-6-10-17(18)19(24)12-21-23/h4-12H,3,13-14H2,1-2H3. The minimum atomic E-state index is -0.133. The zero-order valence-corrected chi connectivity index (χ0v) is 14.5. The summed E-state index contributed by atoms with van der Waals surface area (Å²) in [5.41, 5.74) is 2.85. The van der Waals surface area contributed by atoms with E-state index in [-0.39, 0.29) is 17.9 Å². The summed E-state index contributed by atoms with van der Waals surface area (Å²) < 4.78 is 1.60. The van der Waals surface area contributed by atoms with E-state index in [1.54, 1.807) is 15.6 Å². The first-order valence-corrected chi connectivity index (χ1v) is 8.37. The van der Waals surface area contributed by atoms with Gasteiger partial charge in [-0.1, -0.05) is 36.4 Å². The number of amides is 1. The molecule has 3 rings (SSSR count). The van der Waals surface area contributed by atoms with E-state index in [9.17, 15) is 9.59 Å². The zero-order chi connectivity index (χ0) is 17.8. The minimum Gasteiger partial charge on any atom is -0.337 e. The fourth-order valence-electron chi connectivity index (χ4n) is 2.88. The molecule has 0 spiro atoms. The molecular weight excluding hydrogens is 314 g/mol. The molecule has 0 aliphatic carbocycles. The fourth-order valence-corrected chi connectivity index (χ4v) is 2.88. The maximum absolute atomic E-state index is 12.8. The lowest BCUT2D eigenvalue weighted by atomic mass is 10.1. The first-order chi connectivity index (χ1) is 12.1. The number of carbonyl (C=O) groups excluding carboxylic acids is 1. The Morgan fingerprint density at radius 2 is 1.84 bits per heavy atom. The predicted octanol–water partition coefficient (Wildman–Crippen LogP) is 2.75. The van der Waals surface area contributed by atoms with Crippen molar-refractivity contribution in [1.29, 1.82) is 0 Å². The van der Waals surface area contributed by atoms with Gasteiger partial charge in [-0.05, 0) is 37.1 Å². The molecular formula is C20H21N3O2. The normalized spacial score (nSPS) is 10.8. The molecule has 2 aromatic carbocycles. The van der Waals surface area contributed by atoms with Crippen LogP contribution >= 0.6 is 0 Å². The molecule has 0 fully saturated rings. The molecule has 1 aromatic heterocycles. The Hall–Kier alpha value is -2.95. The van der Waals surface area contributed by atoms with Crippen LogP contribution in [0, 0.1) is 6.92 Å². The minimum absolute atomic E-state index is 0.0212. The second kappa shape index (κ2) is 7.30. The van der Waals surface area contributed by atoms with E-state index in [1.165, 1.54) is 11.8 Å². The topological polar surface area (TPSA) is 55.2 Å². The van der Waals surface area contributed by atoms with E-state index in [1.807, 2.05) is 56.3 Å². The molecule has 0 saturated carbocycles. The van der Waals surface area contributed by atoms with E-state index < -0.39 is 0 Å². The van der Waals surface area contributed by atoms with Crippen molar-refractivity contribution in [3.05, 3.63) is 76.1 Å². The Balaban J connectivity index is 1.85. The molecule has 0 aliphatic rings. The Morgan fingerprint density at radius 3 is 2.60 bits per heavy atom. The lowest BCUT2D eigenvalue weighted by molar-refractivity contribution is -0.132. The van der Waals surface area contributed by atoms with Crippen LogP contribution in [0.25, 0.3) is 10.9 Å². The third kappa shape index (κ3) is 3.60. The van der Waals surface area contributed by atoms with Crippen LogP contribution in [0.4, 0.5) is 0 Å². The summed E-state index contributed by atoms with van der Waals surface area (Å²) in [4.78, 5) is 26.5. The van der Waals surface area contributed by atoms with Crippen LogP contribution < -0.4 is 5.43 Å². The second-order valence-electron chi connectivity index (χ2n) is 6.02. The van der Waals surface area contributed by atoms with Crippen LogP contribution in [0.15, 0.2) is 59.5 Å². The highest BCUT2D eigenvalue weighted by Crippen LogP contribution is 2.12. The zero-order valence-electron chi connectivity index (χ0n) is 14.5. The number of nitrogens with zero attached hydrogens (tertiary/aromatic N) is 3. The Morgan fingerprint density at radius 1 is 1.12 bits per heavy atom. The quantitative estimate of drug-likeness (QED) is 0.720. The third-order valence-electron chi connectivity index (χ3n) is 4.40. The highest BCUT2D eigenvalue weighted by Gasteiger charge is 2.15. The number of para-hydroxylation sites is 1. The number of aromatic nitrogens is 2. The largest absolute Gasteiger partial charge is 0.337 e. The lowest BCUT2D eigenvalue weighted by Crippen LogP contribution is -2.34. The van der Waals surface area contributed by atoms with E-state index in [2.05, 4.69) is 5.10 Å². The molecule has 0 saturated heterocycles. The number of rotatable bonds is 5. The predicted molar refractivity (Wildman–Crippen MR) is 98.3 cm³/mol. The molecule has 1 amide bonds. The van der Waals surface area contributed by atoms with Crippen molar-refractivity contribution >= 4 is 16.8 Å². The summed E-state index contributed by atoms with van der Waals surface area (Å²) in [7, 11) is 0. The molecule has 5 nitrogen and oxygen atoms in total. The van der Waals surface area contributed by atoms with Gasteiger partial charge in [-0.3, -0.25) is 14.3 Å². The van der Waals surface area contributed by atoms with Crippen LogP contribution in [0.1, 0.15) is 18.1 Å². The van der Waals surface area contributed by atoms with Gasteiger partial charge in [0.15, 0.2) is 0 Å². The second-order valence-corrected chi connectivity index (χ2v) is 6.02. The Kier molecular flexibility index (Phi) is 4.93. The summed E-state index contributed by atoms with van der Waals surface area (Å²) in [6.45, 7) is 5.31. The van der Waals surface area contributed by atoms with Gasteiger partial charge in [-0.2, -0.15) is 5.10 Å². The van der Waals surface area contributed by atoms with Gasteiger partial charge in [-0.25, -0.2) is 0 Å². The Labute approximate surface area is 146 Å². The molecule has 25 heavy (non-hydrogen) atoms. The van der Waals surface area contributed by atoms with Gasteiger partial charge in [0.25, 0.3) is 0 Å². The van der Waals surface area contributed by atoms with Gasteiger partial charge in [-0.15, -0.1) is 0 Å². The molecule has 0 bridgehead atoms. The third-order valence-corrected chi connectivity index (χ3v) is 4.40. The first-order valence-electron chi connectivity index (χ1n) is 8.37. The monoisotopic (exact) mass is 335 g/mol. The number of fused-ring (bicyclic) bond motifs is 1. The maximum atomic E-state index is 12.8. The summed E-state index contributed by atoms with van der Waals surface area (Å²) >= 11 is 0. The maximum Gasteiger partial charge on any atom is 0.244 e. The van der Waals surface area contributed by atoms with Crippen LogP contribution in [0.2, 0.25) is 0 Å². The summed E-state index contributed by atoms with van der Waals surface area (Å²) in [6, 6.07) is 15.3. The van der Waals surface area contributed by atoms with Crippen molar-refractivity contribution in [3.63, 3.8) is 0 Å². The SMILES string of the molecule is CCN(Cc1ccccc1C)C(=O)Cn1ncc(=O)c2ccccc21. The van der Waals surface area contributed by atoms with Crippen LogP contribution in [-0.2, 0) is 17.9 Å². The molecule has 0 atom stereocenters. The van der Waals surface area contributed by atoms with Crippen molar-refractivity contribution in [2.45, 2.75) is 26.9 Å². The number of hydrogen-bond donors (Lipinski definition) is 0. The van der Waals surface area contributed by atoms with Crippen LogP contribution in [-0.4, -0.2) is 27.1 Å². The Bertz CT molecular complexity index is 962. The average Bonchev–Trinajstić information content (AvgIpc) is 2.63. The first kappa shape index (κ1) is 16.9. The van der Waals surface area contributed by atoms with Gasteiger partial charge < -0.3 is 4.90 Å². The number of carbonyl (C=O) groups is 1. The van der Waals surface area contributed by atoms with Gasteiger partial charge >= 0.3 is 0 Å². The van der Waals surface area contributed by atoms with E-state index in [0.29, 0.717) is 24.0 Å². The number of aryl methyl sites for hydroxylation is 1. The summed E-state index contributed by atoms with van der Waals surface area (Å²) in [5.74, 6) is -0.0212. The van der Waals surface area contributed by atoms with Crippen molar-refractivity contribution in [2.75, 3.05) is 6.54 Å². The van der Waals surface area contributed by atoms with E-state index in [0.717, 1.165) is 5.56 Å².